The number of nitrogens with one attached hydrogen (secondary N) is 1. The smallest absolute Gasteiger partial charge is 0.243 e. The van der Waals surface area contributed by atoms with Crippen molar-refractivity contribution in [1.29, 1.82) is 0 Å². The molecule has 0 bridgehead atoms. The van der Waals surface area contributed by atoms with E-state index in [2.05, 4.69) is 22.5 Å². The summed E-state index contributed by atoms with van der Waals surface area (Å²) in [6.45, 7) is 2.63. The molecule has 158 valence electrons. The van der Waals surface area contributed by atoms with E-state index in [9.17, 15) is 9.59 Å². The van der Waals surface area contributed by atoms with Crippen LogP contribution in [0.5, 0.6) is 0 Å². The maximum Gasteiger partial charge on any atom is 0.243 e. The second-order valence-corrected chi connectivity index (χ2v) is 7.35. The van der Waals surface area contributed by atoms with E-state index in [4.69, 9.17) is 4.52 Å². The highest BCUT2D eigenvalue weighted by atomic mass is 16.5. The Kier molecular flexibility index (Phi) is 6.21. The van der Waals surface area contributed by atoms with Crippen LogP contribution in [0.25, 0.3) is 11.3 Å². The molecule has 1 N–H and O–H groups in total. The van der Waals surface area contributed by atoms with Crippen LogP contribution in [0, 0.1) is 0 Å². The first-order valence-electron chi connectivity index (χ1n) is 10.4. The molecule has 7 nitrogen and oxygen atoms in total. The van der Waals surface area contributed by atoms with Crippen molar-refractivity contribution in [1.82, 2.24) is 10.2 Å². The Morgan fingerprint density at radius 3 is 2.55 bits per heavy atom. The van der Waals surface area contributed by atoms with Crippen molar-refractivity contribution >= 4 is 23.4 Å². The molecule has 0 aliphatic carbocycles. The number of carbonyl (C=O) groups is 2. The topological polar surface area (TPSA) is 87.8 Å². The lowest BCUT2D eigenvalue weighted by molar-refractivity contribution is -0.132. The van der Waals surface area contributed by atoms with Crippen molar-refractivity contribution in [3.05, 3.63) is 71.8 Å². The van der Waals surface area contributed by atoms with Crippen molar-refractivity contribution in [2.75, 3.05) is 11.9 Å². The summed E-state index contributed by atoms with van der Waals surface area (Å²) in [5.74, 6) is -0.211. The number of hydrazone groups is 1. The van der Waals surface area contributed by atoms with Crippen LogP contribution >= 0.6 is 0 Å². The molecular weight excluding hydrogens is 392 g/mol. The summed E-state index contributed by atoms with van der Waals surface area (Å²) in [6.07, 6.45) is 1.81. The lowest BCUT2D eigenvalue weighted by atomic mass is 10.1. The minimum atomic E-state index is -0.302. The molecule has 2 amide bonds. The van der Waals surface area contributed by atoms with Gasteiger partial charge in [0.05, 0.1) is 12.3 Å². The van der Waals surface area contributed by atoms with Gasteiger partial charge >= 0.3 is 0 Å². The second-order valence-electron chi connectivity index (χ2n) is 7.35. The van der Waals surface area contributed by atoms with E-state index >= 15 is 0 Å². The van der Waals surface area contributed by atoms with Crippen LogP contribution in [0.3, 0.4) is 0 Å². The van der Waals surface area contributed by atoms with E-state index in [-0.39, 0.29) is 30.5 Å². The maximum atomic E-state index is 12.4. The van der Waals surface area contributed by atoms with Crippen LogP contribution in [0.2, 0.25) is 0 Å². The Labute approximate surface area is 180 Å². The van der Waals surface area contributed by atoms with E-state index in [1.165, 1.54) is 10.6 Å². The molecule has 4 rings (SSSR count). The van der Waals surface area contributed by atoms with Gasteiger partial charge in [-0.25, -0.2) is 5.01 Å². The molecule has 0 saturated carbocycles. The molecule has 0 unspecified atom stereocenters. The lowest BCUT2D eigenvalue weighted by Gasteiger charge is -2.10. The molecule has 0 atom stereocenters. The average Bonchev–Trinajstić information content (AvgIpc) is 3.48. The third kappa shape index (κ3) is 5.06. The van der Waals surface area contributed by atoms with Crippen LogP contribution in [0.1, 0.15) is 37.3 Å². The maximum absolute atomic E-state index is 12.4. The lowest BCUT2D eigenvalue weighted by Crippen LogP contribution is -2.24. The van der Waals surface area contributed by atoms with Gasteiger partial charge in [-0.2, -0.15) is 5.10 Å². The number of hydrogen-bond donors (Lipinski definition) is 1. The molecule has 2 aromatic carbocycles. The molecule has 0 spiro atoms. The molecule has 1 aliphatic rings. The van der Waals surface area contributed by atoms with Crippen LogP contribution < -0.4 is 5.32 Å². The predicted molar refractivity (Wildman–Crippen MR) is 118 cm³/mol. The van der Waals surface area contributed by atoms with E-state index in [0.717, 1.165) is 23.3 Å². The zero-order chi connectivity index (χ0) is 21.6. The number of rotatable bonds is 7. The molecule has 0 fully saturated rings. The molecule has 3 aromatic rings. The zero-order valence-electron chi connectivity index (χ0n) is 17.4. The van der Waals surface area contributed by atoms with Gasteiger partial charge in [0.25, 0.3) is 0 Å². The molecule has 1 aromatic heterocycles. The van der Waals surface area contributed by atoms with Gasteiger partial charge in [0.1, 0.15) is 5.69 Å². The van der Waals surface area contributed by atoms with Crippen molar-refractivity contribution < 1.29 is 14.1 Å². The molecule has 0 radical (unpaired) electrons. The predicted octanol–water partition coefficient (Wildman–Crippen LogP) is 4.26. The van der Waals surface area contributed by atoms with Crippen LogP contribution in [-0.2, 0) is 16.0 Å². The quantitative estimate of drug-likeness (QED) is 0.623. The van der Waals surface area contributed by atoms with Gasteiger partial charge in [0.2, 0.25) is 17.7 Å². The Hall–Kier alpha value is -3.74. The Morgan fingerprint density at radius 2 is 1.81 bits per heavy atom. The summed E-state index contributed by atoms with van der Waals surface area (Å²) < 4.78 is 5.22. The van der Waals surface area contributed by atoms with Crippen molar-refractivity contribution in [3.8, 4) is 11.3 Å². The number of benzene rings is 2. The summed E-state index contributed by atoms with van der Waals surface area (Å²) in [5, 5.41) is 12.5. The zero-order valence-corrected chi connectivity index (χ0v) is 17.4. The fraction of sp³-hybridized carbons (Fsp3) is 0.250. The van der Waals surface area contributed by atoms with E-state index in [1.54, 1.807) is 6.07 Å². The van der Waals surface area contributed by atoms with Crippen molar-refractivity contribution in [2.24, 2.45) is 5.10 Å². The minimum absolute atomic E-state index is 0.0484. The molecule has 7 heteroatoms. The van der Waals surface area contributed by atoms with Gasteiger partial charge in [-0.15, -0.1) is 0 Å². The standard InChI is InChI=1S/C24H24N4O3/c1-2-17-8-10-19(11-9-17)21-16-23(31-27-21)25-22(29)12-13-24(30)28-15-14-20(26-28)18-6-4-3-5-7-18/h3-11,16H,2,12-15H2,1H3,(H,25,29). The van der Waals surface area contributed by atoms with E-state index < -0.39 is 0 Å². The first-order valence-corrected chi connectivity index (χ1v) is 10.4. The van der Waals surface area contributed by atoms with Crippen molar-refractivity contribution in [3.63, 3.8) is 0 Å². The number of anilines is 1. The van der Waals surface area contributed by atoms with Crippen LogP contribution in [0.4, 0.5) is 5.88 Å². The number of hydrogen-bond acceptors (Lipinski definition) is 5. The summed E-state index contributed by atoms with van der Waals surface area (Å²) >= 11 is 0. The second kappa shape index (κ2) is 9.38. The summed E-state index contributed by atoms with van der Waals surface area (Å²) in [4.78, 5) is 24.7. The fourth-order valence-corrected chi connectivity index (χ4v) is 3.40. The van der Waals surface area contributed by atoms with Gasteiger partial charge in [-0.1, -0.05) is 66.7 Å². The number of amides is 2. The Bertz CT molecular complexity index is 1090. The average molecular weight is 416 g/mol. The van der Waals surface area contributed by atoms with Gasteiger partial charge in [-0.3, -0.25) is 14.9 Å². The highest BCUT2D eigenvalue weighted by Gasteiger charge is 2.22. The molecule has 0 saturated heterocycles. The molecule has 2 heterocycles. The fourth-order valence-electron chi connectivity index (χ4n) is 3.40. The van der Waals surface area contributed by atoms with Crippen molar-refractivity contribution in [2.45, 2.75) is 32.6 Å². The van der Waals surface area contributed by atoms with Gasteiger partial charge < -0.3 is 4.52 Å². The first-order chi connectivity index (χ1) is 15.1. The monoisotopic (exact) mass is 416 g/mol. The number of aromatic nitrogens is 1. The van der Waals surface area contributed by atoms with Gasteiger partial charge in [0.15, 0.2) is 0 Å². The third-order valence-corrected chi connectivity index (χ3v) is 5.19. The highest BCUT2D eigenvalue weighted by molar-refractivity contribution is 6.02. The Morgan fingerprint density at radius 1 is 1.03 bits per heavy atom. The van der Waals surface area contributed by atoms with Crippen LogP contribution in [-0.4, -0.2) is 34.2 Å². The van der Waals surface area contributed by atoms with Gasteiger partial charge in [0, 0.05) is 30.9 Å². The van der Waals surface area contributed by atoms with E-state index in [0.29, 0.717) is 18.7 Å². The third-order valence-electron chi connectivity index (χ3n) is 5.19. The van der Waals surface area contributed by atoms with E-state index in [1.807, 2.05) is 54.6 Å². The van der Waals surface area contributed by atoms with Crippen LogP contribution in [0.15, 0.2) is 70.3 Å². The number of aryl methyl sites for hydroxylation is 1. The SMILES string of the molecule is CCc1ccc(-c2cc(NC(=O)CCC(=O)N3CCC(c4ccccc4)=N3)on2)cc1. The highest BCUT2D eigenvalue weighted by Crippen LogP contribution is 2.22. The van der Waals surface area contributed by atoms with Gasteiger partial charge in [-0.05, 0) is 17.5 Å². The number of carbonyl (C=O) groups excluding carboxylic acids is 2. The largest absolute Gasteiger partial charge is 0.338 e. The number of nitrogens with zero attached hydrogens (tertiary/aromatic N) is 3. The summed E-state index contributed by atoms with van der Waals surface area (Å²) in [7, 11) is 0. The molecule has 31 heavy (non-hydrogen) atoms. The first kappa shape index (κ1) is 20.5. The summed E-state index contributed by atoms with van der Waals surface area (Å²) in [5.41, 5.74) is 4.70. The normalized spacial score (nSPS) is 13.2. The summed E-state index contributed by atoms with van der Waals surface area (Å²) in [6, 6.07) is 19.5. The molecule has 1 aliphatic heterocycles. The minimum Gasteiger partial charge on any atom is -0.338 e. The Balaban J connectivity index is 1.28. The molecular formula is C24H24N4O3.